The van der Waals surface area contributed by atoms with Gasteiger partial charge in [0.2, 0.25) is 0 Å². The maximum atomic E-state index is 13.0. The first kappa shape index (κ1) is 35.2. The lowest BCUT2D eigenvalue weighted by molar-refractivity contribution is 0.483. The summed E-state index contributed by atoms with van der Waals surface area (Å²) in [5, 5.41) is 4.88. The molecule has 2 aliphatic carbocycles. The molecule has 234 valence electrons. The van der Waals surface area contributed by atoms with Crippen molar-refractivity contribution in [3.8, 4) is 0 Å². The molecule has 0 aromatic rings. The summed E-state index contributed by atoms with van der Waals surface area (Å²) < 4.78 is 107. The van der Waals surface area contributed by atoms with Gasteiger partial charge in [-0.05, 0) is 44.9 Å². The van der Waals surface area contributed by atoms with E-state index in [-0.39, 0.29) is 18.6 Å². The number of rotatable bonds is 18. The van der Waals surface area contributed by atoms with Gasteiger partial charge in [0.15, 0.2) is 31.4 Å². The summed E-state index contributed by atoms with van der Waals surface area (Å²) in [4.78, 5) is 0. The zero-order chi connectivity index (χ0) is 29.7. The van der Waals surface area contributed by atoms with Crippen molar-refractivity contribution >= 4 is 39.7 Å². The molecule has 2 fully saturated rings. The summed E-state index contributed by atoms with van der Waals surface area (Å²) in [6.45, 7) is 2.03. The Bertz CT molecular complexity index is 1250. The van der Waals surface area contributed by atoms with E-state index in [1.54, 1.807) is 0 Å². The average molecular weight is 647 g/mol. The summed E-state index contributed by atoms with van der Waals surface area (Å²) in [5.41, 5.74) is 0. The minimum atomic E-state index is -3.87. The molecule has 0 aromatic carbocycles. The Kier molecular flexibility index (Phi) is 14.6. The van der Waals surface area contributed by atoms with E-state index in [1.165, 1.54) is 0 Å². The third kappa shape index (κ3) is 12.5. The zero-order valence-corrected chi connectivity index (χ0v) is 26.8. The molecule has 0 bridgehead atoms. The van der Waals surface area contributed by atoms with Gasteiger partial charge in [0.25, 0.3) is 20.0 Å². The molecular formula is C24H46N4O8S4. The average Bonchev–Trinajstić information content (AvgIpc) is 2.90. The van der Waals surface area contributed by atoms with Crippen LogP contribution in [0.1, 0.15) is 116 Å². The van der Waals surface area contributed by atoms with Gasteiger partial charge in [-0.1, -0.05) is 80.2 Å². The van der Waals surface area contributed by atoms with Gasteiger partial charge in [-0.3, -0.25) is 0 Å². The van der Waals surface area contributed by atoms with Crippen LogP contribution < -0.4 is 0 Å². The van der Waals surface area contributed by atoms with Crippen molar-refractivity contribution in [2.45, 2.75) is 132 Å². The number of sulfone groups is 2. The molecule has 0 heterocycles. The van der Waals surface area contributed by atoms with Gasteiger partial charge in [0.1, 0.15) is 0 Å². The Morgan fingerprint density at radius 2 is 1.07 bits per heavy atom. The molecule has 0 amide bonds. The molecule has 0 saturated heterocycles. The Hall–Kier alpha value is -1.00. The van der Waals surface area contributed by atoms with Crippen molar-refractivity contribution < 1.29 is 33.7 Å². The largest absolute Gasteiger partial charge is 0.273 e. The van der Waals surface area contributed by atoms with Gasteiger partial charge < -0.3 is 0 Å². The second kappa shape index (κ2) is 16.6. The molecule has 0 N–H and O–H groups in total. The highest BCUT2D eigenvalue weighted by atomic mass is 32.2. The van der Waals surface area contributed by atoms with E-state index < -0.39 is 67.2 Å². The molecule has 0 spiro atoms. The van der Waals surface area contributed by atoms with E-state index >= 15 is 0 Å². The van der Waals surface area contributed by atoms with Crippen molar-refractivity contribution in [2.75, 3.05) is 17.5 Å². The maximum Gasteiger partial charge on any atom is 0.273 e. The van der Waals surface area contributed by atoms with Gasteiger partial charge in [0, 0.05) is 0 Å². The summed E-state index contributed by atoms with van der Waals surface area (Å²) in [5.74, 6) is -1.91. The molecule has 16 heteroatoms. The lowest BCUT2D eigenvalue weighted by atomic mass is 10.0. The fourth-order valence-electron chi connectivity index (χ4n) is 5.24. The van der Waals surface area contributed by atoms with Crippen LogP contribution in [0.25, 0.3) is 0 Å². The van der Waals surface area contributed by atoms with Crippen molar-refractivity contribution in [3.05, 3.63) is 0 Å². The van der Waals surface area contributed by atoms with Crippen LogP contribution in [0.5, 0.6) is 0 Å². The molecule has 40 heavy (non-hydrogen) atoms. The SMILES string of the molecule is CCCCCCC(CCCS(=O)(=O)CN=NS(=O)(=O)C1CCCCC1)S(=O)(=O)CN=NS(=O)(=O)C1CCCCC1. The van der Waals surface area contributed by atoms with Crippen LogP contribution in [0, 0.1) is 0 Å². The number of hydrogen-bond donors (Lipinski definition) is 0. The van der Waals surface area contributed by atoms with Crippen LogP contribution in [-0.2, 0) is 39.7 Å². The van der Waals surface area contributed by atoms with Crippen molar-refractivity contribution in [2.24, 2.45) is 19.3 Å². The van der Waals surface area contributed by atoms with Crippen molar-refractivity contribution in [3.63, 3.8) is 0 Å². The van der Waals surface area contributed by atoms with Crippen LogP contribution in [0.3, 0.4) is 0 Å². The number of sulfonamides is 2. The van der Waals surface area contributed by atoms with E-state index in [2.05, 4.69) is 19.3 Å². The Labute approximate surface area is 241 Å². The molecule has 0 radical (unpaired) electrons. The van der Waals surface area contributed by atoms with E-state index in [9.17, 15) is 33.7 Å². The molecule has 1 atom stereocenters. The standard InChI is InChI=1S/C24H46N4O8S4/c1-2-3-4-7-13-22(38(31,32)21-26-28-40(35,36)24-16-10-6-11-17-24)18-12-19-37(29,30)20-25-27-39(33,34)23-14-8-5-9-15-23/h22-24H,2-21H2,1H3. The van der Waals surface area contributed by atoms with E-state index in [4.69, 9.17) is 0 Å². The first-order valence-electron chi connectivity index (χ1n) is 14.5. The molecule has 2 aliphatic rings. The third-order valence-corrected chi connectivity index (χ3v) is 14.3. The fraction of sp³-hybridized carbons (Fsp3) is 1.00. The Morgan fingerprint density at radius 1 is 0.600 bits per heavy atom. The summed E-state index contributed by atoms with van der Waals surface area (Å²) in [6, 6.07) is 0. The van der Waals surface area contributed by atoms with Gasteiger partial charge >= 0.3 is 0 Å². The lowest BCUT2D eigenvalue weighted by Gasteiger charge is -2.19. The first-order chi connectivity index (χ1) is 18.8. The molecular weight excluding hydrogens is 601 g/mol. The maximum absolute atomic E-state index is 13.0. The van der Waals surface area contributed by atoms with E-state index in [0.717, 1.165) is 57.8 Å². The predicted molar refractivity (Wildman–Crippen MR) is 156 cm³/mol. The summed E-state index contributed by atoms with van der Waals surface area (Å²) >= 11 is 0. The summed E-state index contributed by atoms with van der Waals surface area (Å²) in [7, 11) is -15.4. The van der Waals surface area contributed by atoms with Gasteiger partial charge in [0.05, 0.1) is 21.5 Å². The summed E-state index contributed by atoms with van der Waals surface area (Å²) in [6.07, 6.45) is 10.8. The molecule has 0 aliphatic heterocycles. The van der Waals surface area contributed by atoms with Crippen LogP contribution in [0.15, 0.2) is 19.3 Å². The van der Waals surface area contributed by atoms with Crippen molar-refractivity contribution in [1.82, 2.24) is 0 Å². The predicted octanol–water partition coefficient (Wildman–Crippen LogP) is 5.08. The van der Waals surface area contributed by atoms with Crippen LogP contribution in [0.2, 0.25) is 0 Å². The van der Waals surface area contributed by atoms with Gasteiger partial charge in [-0.2, -0.15) is 10.2 Å². The second-order valence-corrected chi connectivity index (χ2v) is 19.1. The van der Waals surface area contributed by atoms with E-state index in [0.29, 0.717) is 38.5 Å². The Morgan fingerprint density at radius 3 is 1.57 bits per heavy atom. The molecule has 0 aromatic heterocycles. The van der Waals surface area contributed by atoms with Crippen LogP contribution >= 0.6 is 0 Å². The minimum absolute atomic E-state index is 0.0302. The zero-order valence-electron chi connectivity index (χ0n) is 23.6. The lowest BCUT2D eigenvalue weighted by Crippen LogP contribution is -2.25. The van der Waals surface area contributed by atoms with Crippen molar-refractivity contribution in [1.29, 1.82) is 0 Å². The van der Waals surface area contributed by atoms with Gasteiger partial charge in [-0.15, -0.1) is 0 Å². The second-order valence-electron chi connectivity index (χ2n) is 11.0. The molecule has 2 rings (SSSR count). The highest BCUT2D eigenvalue weighted by Gasteiger charge is 2.30. The molecule has 12 nitrogen and oxygen atoms in total. The molecule has 2 saturated carbocycles. The third-order valence-electron chi connectivity index (χ3n) is 7.65. The first-order valence-corrected chi connectivity index (χ1v) is 21.0. The van der Waals surface area contributed by atoms with E-state index in [1.807, 2.05) is 6.92 Å². The highest BCUT2D eigenvalue weighted by Crippen LogP contribution is 2.26. The topological polar surface area (TPSA) is 186 Å². The normalized spacial score (nSPS) is 19.9. The number of unbranched alkanes of at least 4 members (excludes halogenated alkanes) is 3. The minimum Gasteiger partial charge on any atom is -0.227 e. The number of nitrogens with zero attached hydrogens (tertiary/aromatic N) is 4. The van der Waals surface area contributed by atoms with Gasteiger partial charge in [-0.25, -0.2) is 33.7 Å². The van der Waals surface area contributed by atoms with Crippen LogP contribution in [-0.4, -0.2) is 66.9 Å². The molecule has 1 unspecified atom stereocenters. The highest BCUT2D eigenvalue weighted by molar-refractivity contribution is 7.92. The smallest absolute Gasteiger partial charge is 0.227 e. The quantitative estimate of drug-likeness (QED) is 0.146. The Balaban J connectivity index is 1.95. The van der Waals surface area contributed by atoms with Crippen LogP contribution in [0.4, 0.5) is 0 Å². The monoisotopic (exact) mass is 646 g/mol. The fourth-order valence-corrected chi connectivity index (χ4v) is 10.4. The number of hydrogen-bond acceptors (Lipinski definition) is 10.